The number of carbonyl (C=O) groups excluding carboxylic acids is 1. The quantitative estimate of drug-likeness (QED) is 0.652. The lowest BCUT2D eigenvalue weighted by atomic mass is 10.1. The maximum atomic E-state index is 13.7. The van der Waals surface area contributed by atoms with Crippen molar-refractivity contribution in [2.24, 2.45) is 0 Å². The highest BCUT2D eigenvalue weighted by molar-refractivity contribution is 5.95. The number of carbonyl (C=O) groups is 1. The van der Waals surface area contributed by atoms with E-state index in [1.807, 2.05) is 42.3 Å². The molecule has 2 aromatic rings. The van der Waals surface area contributed by atoms with Crippen LogP contribution in [0.2, 0.25) is 0 Å². The monoisotopic (exact) mass is 331 g/mol. The molecule has 0 heterocycles. The lowest BCUT2D eigenvalue weighted by Crippen LogP contribution is -2.33. The first-order valence-electron chi connectivity index (χ1n) is 7.39. The number of para-hydroxylation sites is 1. The second-order valence-electron chi connectivity index (χ2n) is 5.37. The molecular weight excluding hydrogens is 313 g/mol. The molecule has 1 amide bonds. The van der Waals surface area contributed by atoms with Gasteiger partial charge in [-0.1, -0.05) is 18.2 Å². The van der Waals surface area contributed by atoms with Crippen LogP contribution in [0, 0.1) is 22.9 Å². The summed E-state index contributed by atoms with van der Waals surface area (Å²) in [4.78, 5) is 24.3. The van der Waals surface area contributed by atoms with Gasteiger partial charge in [0.25, 0.3) is 11.6 Å². The minimum absolute atomic E-state index is 0.0628. The van der Waals surface area contributed by atoms with Crippen LogP contribution < -0.4 is 10.2 Å². The maximum absolute atomic E-state index is 13.7. The minimum atomic E-state index is -0.768. The molecule has 2 rings (SSSR count). The predicted molar refractivity (Wildman–Crippen MR) is 89.8 cm³/mol. The van der Waals surface area contributed by atoms with Crippen molar-refractivity contribution in [3.63, 3.8) is 0 Å². The molecule has 0 aliphatic rings. The van der Waals surface area contributed by atoms with Gasteiger partial charge in [0.05, 0.1) is 10.5 Å². The second kappa shape index (κ2) is 7.54. The zero-order chi connectivity index (χ0) is 17.7. The summed E-state index contributed by atoms with van der Waals surface area (Å²) in [7, 11) is 1.89. The van der Waals surface area contributed by atoms with E-state index in [9.17, 15) is 19.3 Å². The van der Waals surface area contributed by atoms with Crippen molar-refractivity contribution in [1.82, 2.24) is 5.32 Å². The van der Waals surface area contributed by atoms with E-state index >= 15 is 0 Å². The Kier molecular flexibility index (Phi) is 5.47. The normalized spacial score (nSPS) is 10.3. The third-order valence-corrected chi connectivity index (χ3v) is 3.71. The molecule has 0 atom stereocenters. The molecule has 0 saturated carbocycles. The van der Waals surface area contributed by atoms with Crippen LogP contribution >= 0.6 is 0 Å². The standard InChI is InChI=1S/C17H18FN3O3/c1-12-15(18)10-13(11-16(12)21(23)24)17(22)19-8-9-20(2)14-6-4-3-5-7-14/h3-7,10-11H,8-9H2,1-2H3,(H,19,22). The molecule has 0 bridgehead atoms. The molecule has 0 radical (unpaired) electrons. The van der Waals surface area contributed by atoms with Gasteiger partial charge in [0.1, 0.15) is 5.82 Å². The molecule has 0 fully saturated rings. The topological polar surface area (TPSA) is 75.5 Å². The number of halogens is 1. The summed E-state index contributed by atoms with van der Waals surface area (Å²) in [5.74, 6) is -1.31. The third-order valence-electron chi connectivity index (χ3n) is 3.71. The van der Waals surface area contributed by atoms with Crippen LogP contribution in [0.25, 0.3) is 0 Å². The summed E-state index contributed by atoms with van der Waals surface area (Å²) in [5.41, 5.74) is 0.456. The van der Waals surface area contributed by atoms with Crippen molar-refractivity contribution in [1.29, 1.82) is 0 Å². The molecule has 2 aromatic carbocycles. The molecule has 7 heteroatoms. The molecule has 6 nitrogen and oxygen atoms in total. The number of hydrogen-bond acceptors (Lipinski definition) is 4. The van der Waals surface area contributed by atoms with E-state index in [-0.39, 0.29) is 11.1 Å². The number of anilines is 1. The lowest BCUT2D eigenvalue weighted by Gasteiger charge is -2.19. The minimum Gasteiger partial charge on any atom is -0.373 e. The van der Waals surface area contributed by atoms with Crippen molar-refractivity contribution >= 4 is 17.3 Å². The number of amides is 1. The Morgan fingerprint density at radius 2 is 1.96 bits per heavy atom. The van der Waals surface area contributed by atoms with Gasteiger partial charge in [-0.05, 0) is 25.1 Å². The molecule has 24 heavy (non-hydrogen) atoms. The molecule has 0 spiro atoms. The van der Waals surface area contributed by atoms with Gasteiger partial charge >= 0.3 is 0 Å². The van der Waals surface area contributed by atoms with E-state index in [4.69, 9.17) is 0 Å². The Labute approximate surface area is 139 Å². The van der Waals surface area contributed by atoms with Gasteiger partial charge in [0.15, 0.2) is 0 Å². The summed E-state index contributed by atoms with van der Waals surface area (Å²) < 4.78 is 13.7. The molecule has 0 aromatic heterocycles. The van der Waals surface area contributed by atoms with Gasteiger partial charge in [0.2, 0.25) is 0 Å². The maximum Gasteiger partial charge on any atom is 0.276 e. The fourth-order valence-electron chi connectivity index (χ4n) is 2.24. The molecule has 1 N–H and O–H groups in total. The van der Waals surface area contributed by atoms with Crippen molar-refractivity contribution < 1.29 is 14.1 Å². The van der Waals surface area contributed by atoms with Crippen LogP contribution in [-0.2, 0) is 0 Å². The first-order chi connectivity index (χ1) is 11.4. The van der Waals surface area contributed by atoms with Crippen LogP contribution in [-0.4, -0.2) is 31.0 Å². The van der Waals surface area contributed by atoms with Gasteiger partial charge in [0, 0.05) is 37.5 Å². The summed E-state index contributed by atoms with van der Waals surface area (Å²) >= 11 is 0. The Hall–Kier alpha value is -2.96. The molecule has 0 unspecified atom stereocenters. The van der Waals surface area contributed by atoms with Crippen LogP contribution in [0.5, 0.6) is 0 Å². The number of nitro groups is 1. The number of rotatable bonds is 6. The Balaban J connectivity index is 1.99. The SMILES string of the molecule is Cc1c(F)cc(C(=O)NCCN(C)c2ccccc2)cc1[N+](=O)[O-]. The van der Waals surface area contributed by atoms with E-state index < -0.39 is 22.3 Å². The number of nitro benzene ring substituents is 1. The van der Waals surface area contributed by atoms with E-state index in [1.54, 1.807) is 0 Å². The van der Waals surface area contributed by atoms with E-state index in [0.29, 0.717) is 13.1 Å². The van der Waals surface area contributed by atoms with Gasteiger partial charge in [-0.3, -0.25) is 14.9 Å². The fourth-order valence-corrected chi connectivity index (χ4v) is 2.24. The summed E-state index contributed by atoms with van der Waals surface area (Å²) in [6, 6.07) is 11.7. The molecule has 0 saturated heterocycles. The van der Waals surface area contributed by atoms with Crippen molar-refractivity contribution in [3.05, 3.63) is 69.5 Å². The van der Waals surface area contributed by atoms with Crippen LogP contribution in [0.3, 0.4) is 0 Å². The van der Waals surface area contributed by atoms with E-state index in [1.165, 1.54) is 6.92 Å². The Bertz CT molecular complexity index is 750. The summed E-state index contributed by atoms with van der Waals surface area (Å²) in [6.07, 6.45) is 0. The van der Waals surface area contributed by atoms with Gasteiger partial charge in [-0.25, -0.2) is 4.39 Å². The Morgan fingerprint density at radius 1 is 1.29 bits per heavy atom. The van der Waals surface area contributed by atoms with E-state index in [2.05, 4.69) is 5.32 Å². The number of nitrogens with one attached hydrogen (secondary N) is 1. The van der Waals surface area contributed by atoms with Gasteiger partial charge < -0.3 is 10.2 Å². The molecule has 126 valence electrons. The fraction of sp³-hybridized carbons (Fsp3) is 0.235. The predicted octanol–water partition coefficient (Wildman–Crippen LogP) is 2.91. The van der Waals surface area contributed by atoms with E-state index in [0.717, 1.165) is 17.8 Å². The van der Waals surface area contributed by atoms with Crippen molar-refractivity contribution in [3.8, 4) is 0 Å². The summed E-state index contributed by atoms with van der Waals surface area (Å²) in [6.45, 7) is 2.18. The lowest BCUT2D eigenvalue weighted by molar-refractivity contribution is -0.385. The first kappa shape index (κ1) is 17.4. The molecule has 0 aliphatic heterocycles. The van der Waals surface area contributed by atoms with Gasteiger partial charge in [-0.15, -0.1) is 0 Å². The average Bonchev–Trinajstić information content (AvgIpc) is 2.57. The van der Waals surface area contributed by atoms with Crippen LogP contribution in [0.1, 0.15) is 15.9 Å². The van der Waals surface area contributed by atoms with Crippen LogP contribution in [0.4, 0.5) is 15.8 Å². The summed E-state index contributed by atoms with van der Waals surface area (Å²) in [5, 5.41) is 13.6. The third kappa shape index (κ3) is 4.07. The van der Waals surface area contributed by atoms with Crippen molar-refractivity contribution in [2.75, 3.05) is 25.0 Å². The zero-order valence-corrected chi connectivity index (χ0v) is 13.5. The second-order valence-corrected chi connectivity index (χ2v) is 5.37. The first-order valence-corrected chi connectivity index (χ1v) is 7.39. The number of hydrogen-bond donors (Lipinski definition) is 1. The smallest absolute Gasteiger partial charge is 0.276 e. The molecule has 0 aliphatic carbocycles. The average molecular weight is 331 g/mol. The largest absolute Gasteiger partial charge is 0.373 e. The highest BCUT2D eigenvalue weighted by Gasteiger charge is 2.19. The highest BCUT2D eigenvalue weighted by Crippen LogP contribution is 2.22. The van der Waals surface area contributed by atoms with Gasteiger partial charge in [-0.2, -0.15) is 0 Å². The number of likely N-dealkylation sites (N-methyl/N-ethyl adjacent to an activating group) is 1. The number of benzene rings is 2. The van der Waals surface area contributed by atoms with Crippen LogP contribution in [0.15, 0.2) is 42.5 Å². The zero-order valence-electron chi connectivity index (χ0n) is 13.5. The molecular formula is C17H18FN3O3. The Morgan fingerprint density at radius 3 is 2.58 bits per heavy atom. The highest BCUT2D eigenvalue weighted by atomic mass is 19.1. The van der Waals surface area contributed by atoms with Crippen molar-refractivity contribution in [2.45, 2.75) is 6.92 Å². The number of nitrogens with zero attached hydrogens (tertiary/aromatic N) is 2.